The van der Waals surface area contributed by atoms with Gasteiger partial charge in [-0.1, -0.05) is 24.9 Å². The Kier molecular flexibility index (Phi) is 6.98. The molecule has 0 saturated carbocycles. The summed E-state index contributed by atoms with van der Waals surface area (Å²) in [5.74, 6) is 0. The van der Waals surface area contributed by atoms with Crippen LogP contribution in [0.3, 0.4) is 0 Å². The molecule has 0 spiro atoms. The Bertz CT molecular complexity index is 537. The van der Waals surface area contributed by atoms with E-state index in [0.717, 1.165) is 17.5 Å². The highest BCUT2D eigenvalue weighted by Crippen LogP contribution is 2.07. The molecule has 0 bridgehead atoms. The number of halogens is 1. The first kappa shape index (κ1) is 16.9. The van der Waals surface area contributed by atoms with E-state index in [-0.39, 0.29) is 17.3 Å². The van der Waals surface area contributed by atoms with Crippen molar-refractivity contribution in [2.45, 2.75) is 26.3 Å². The highest BCUT2D eigenvalue weighted by atomic mass is 35.5. The fourth-order valence-corrected chi connectivity index (χ4v) is 2.02. The molecule has 1 aromatic rings. The quantitative estimate of drug-likeness (QED) is 0.568. The van der Waals surface area contributed by atoms with Gasteiger partial charge in [0.2, 0.25) is 0 Å². The van der Waals surface area contributed by atoms with Gasteiger partial charge < -0.3 is 9.64 Å². The van der Waals surface area contributed by atoms with Gasteiger partial charge in [0.15, 0.2) is 0 Å². The zero-order chi connectivity index (χ0) is 15.1. The first-order valence-electron chi connectivity index (χ1n) is 6.71. The van der Waals surface area contributed by atoms with E-state index in [2.05, 4.69) is 4.98 Å². The van der Waals surface area contributed by atoms with Crippen molar-refractivity contribution in [3.8, 4) is 0 Å². The van der Waals surface area contributed by atoms with Crippen LogP contribution in [0.5, 0.6) is 0 Å². The molecule has 1 aromatic heterocycles. The molecule has 1 rings (SSSR count). The third-order valence-corrected chi connectivity index (χ3v) is 3.19. The number of likely N-dealkylation sites (N-methyl/N-ethyl adjacent to an activating group) is 1. The SMILES string of the molecule is CCCc1c(Cl)[nH]c(=O)n(CCOCCN(C)C)c1=O. The van der Waals surface area contributed by atoms with E-state index in [1.807, 2.05) is 25.9 Å². The molecule has 0 unspecified atom stereocenters. The van der Waals surface area contributed by atoms with Gasteiger partial charge in [-0.15, -0.1) is 0 Å². The summed E-state index contributed by atoms with van der Waals surface area (Å²) in [6.07, 6.45) is 1.34. The molecule has 0 aliphatic heterocycles. The zero-order valence-corrected chi connectivity index (χ0v) is 13.0. The molecule has 0 saturated heterocycles. The van der Waals surface area contributed by atoms with Crippen LogP contribution in [0.1, 0.15) is 18.9 Å². The van der Waals surface area contributed by atoms with Crippen LogP contribution in [0.4, 0.5) is 0 Å². The van der Waals surface area contributed by atoms with Gasteiger partial charge in [0.05, 0.1) is 25.3 Å². The molecule has 0 aromatic carbocycles. The van der Waals surface area contributed by atoms with Crippen molar-refractivity contribution in [2.75, 3.05) is 33.9 Å². The van der Waals surface area contributed by atoms with Crippen LogP contribution in [-0.4, -0.2) is 48.3 Å². The summed E-state index contributed by atoms with van der Waals surface area (Å²) in [4.78, 5) is 28.4. The third-order valence-electron chi connectivity index (χ3n) is 2.87. The Morgan fingerprint density at radius 1 is 1.30 bits per heavy atom. The Hall–Kier alpha value is -1.11. The molecular weight excluding hydrogens is 282 g/mol. The lowest BCUT2D eigenvalue weighted by atomic mass is 10.2. The second-order valence-electron chi connectivity index (χ2n) is 4.85. The summed E-state index contributed by atoms with van der Waals surface area (Å²) in [5.41, 5.74) is -0.352. The molecule has 0 amide bonds. The number of aromatic nitrogens is 2. The monoisotopic (exact) mass is 303 g/mol. The highest BCUT2D eigenvalue weighted by molar-refractivity contribution is 6.30. The maximum absolute atomic E-state index is 12.2. The number of hydrogen-bond donors (Lipinski definition) is 1. The lowest BCUT2D eigenvalue weighted by molar-refractivity contribution is 0.109. The molecule has 0 fully saturated rings. The minimum absolute atomic E-state index is 0.145. The normalized spacial score (nSPS) is 11.2. The maximum Gasteiger partial charge on any atom is 0.329 e. The molecule has 1 heterocycles. The van der Waals surface area contributed by atoms with Crippen molar-refractivity contribution in [1.82, 2.24) is 14.5 Å². The zero-order valence-electron chi connectivity index (χ0n) is 12.2. The number of nitrogens with one attached hydrogen (secondary N) is 1. The van der Waals surface area contributed by atoms with E-state index in [0.29, 0.717) is 25.2 Å². The highest BCUT2D eigenvalue weighted by Gasteiger charge is 2.11. The minimum Gasteiger partial charge on any atom is -0.378 e. The third kappa shape index (κ3) is 4.77. The number of hydrogen-bond acceptors (Lipinski definition) is 4. The molecule has 0 aliphatic rings. The number of H-pyrrole nitrogens is 1. The number of aromatic amines is 1. The van der Waals surface area contributed by atoms with Gasteiger partial charge in [0.25, 0.3) is 5.56 Å². The fraction of sp³-hybridized carbons (Fsp3) is 0.692. The van der Waals surface area contributed by atoms with Crippen LogP contribution < -0.4 is 11.2 Å². The van der Waals surface area contributed by atoms with E-state index in [1.165, 1.54) is 0 Å². The second kappa shape index (κ2) is 8.24. The summed E-state index contributed by atoms with van der Waals surface area (Å²) in [6.45, 7) is 3.87. The summed E-state index contributed by atoms with van der Waals surface area (Å²) in [6, 6.07) is 0. The van der Waals surface area contributed by atoms with E-state index in [1.54, 1.807) is 0 Å². The molecule has 0 radical (unpaired) electrons. The van der Waals surface area contributed by atoms with Gasteiger partial charge in [-0.25, -0.2) is 4.79 Å². The van der Waals surface area contributed by atoms with Gasteiger partial charge in [0.1, 0.15) is 5.15 Å². The molecule has 1 N–H and O–H groups in total. The topological polar surface area (TPSA) is 67.3 Å². The smallest absolute Gasteiger partial charge is 0.329 e. The molecule has 0 atom stereocenters. The van der Waals surface area contributed by atoms with Crippen molar-refractivity contribution >= 4 is 11.6 Å². The summed E-state index contributed by atoms with van der Waals surface area (Å²) in [5, 5.41) is 0.145. The van der Waals surface area contributed by atoms with Crippen molar-refractivity contribution < 1.29 is 4.74 Å². The van der Waals surface area contributed by atoms with Gasteiger partial charge >= 0.3 is 5.69 Å². The Morgan fingerprint density at radius 2 is 2.00 bits per heavy atom. The van der Waals surface area contributed by atoms with Crippen LogP contribution in [-0.2, 0) is 17.7 Å². The average Bonchev–Trinajstić information content (AvgIpc) is 2.37. The average molecular weight is 304 g/mol. The van der Waals surface area contributed by atoms with Crippen molar-refractivity contribution in [3.63, 3.8) is 0 Å². The molecule has 0 aliphatic carbocycles. The largest absolute Gasteiger partial charge is 0.378 e. The molecule has 114 valence electrons. The second-order valence-corrected chi connectivity index (χ2v) is 5.22. The predicted molar refractivity (Wildman–Crippen MR) is 79.7 cm³/mol. The summed E-state index contributed by atoms with van der Waals surface area (Å²) in [7, 11) is 3.91. The van der Waals surface area contributed by atoms with Crippen LogP contribution in [0.2, 0.25) is 5.15 Å². The minimum atomic E-state index is -0.490. The first-order chi connectivity index (χ1) is 9.47. The predicted octanol–water partition coefficient (Wildman–Crippen LogP) is 0.721. The van der Waals surface area contributed by atoms with Gasteiger partial charge in [0, 0.05) is 6.54 Å². The van der Waals surface area contributed by atoms with Crippen molar-refractivity contribution in [2.24, 2.45) is 0 Å². The van der Waals surface area contributed by atoms with Crippen LogP contribution in [0.25, 0.3) is 0 Å². The Morgan fingerprint density at radius 3 is 2.60 bits per heavy atom. The summed E-state index contributed by atoms with van der Waals surface area (Å²) < 4.78 is 6.55. The standard InChI is InChI=1S/C13H22ClN3O3/c1-4-5-10-11(14)15-13(19)17(12(10)18)7-9-20-8-6-16(2)3/h4-9H2,1-3H3,(H,15,19). The van der Waals surface area contributed by atoms with E-state index in [9.17, 15) is 9.59 Å². The van der Waals surface area contributed by atoms with Crippen molar-refractivity contribution in [1.29, 1.82) is 0 Å². The Balaban J connectivity index is 2.73. The fourth-order valence-electron chi connectivity index (χ4n) is 1.76. The van der Waals surface area contributed by atoms with E-state index in [4.69, 9.17) is 16.3 Å². The van der Waals surface area contributed by atoms with Crippen LogP contribution in [0.15, 0.2) is 9.59 Å². The Labute approximate surface area is 123 Å². The number of nitrogens with zero attached hydrogens (tertiary/aromatic N) is 2. The lowest BCUT2D eigenvalue weighted by Gasteiger charge is -2.11. The summed E-state index contributed by atoms with van der Waals surface area (Å²) >= 11 is 5.90. The molecule has 7 heteroatoms. The number of ether oxygens (including phenoxy) is 1. The molecular formula is C13H22ClN3O3. The first-order valence-corrected chi connectivity index (χ1v) is 7.09. The van der Waals surface area contributed by atoms with Gasteiger partial charge in [-0.05, 0) is 20.5 Å². The van der Waals surface area contributed by atoms with E-state index < -0.39 is 5.69 Å². The van der Waals surface area contributed by atoms with Crippen LogP contribution >= 0.6 is 11.6 Å². The van der Waals surface area contributed by atoms with Crippen LogP contribution in [0, 0.1) is 0 Å². The maximum atomic E-state index is 12.2. The van der Waals surface area contributed by atoms with Gasteiger partial charge in [-0.2, -0.15) is 0 Å². The van der Waals surface area contributed by atoms with Crippen molar-refractivity contribution in [3.05, 3.63) is 31.6 Å². The van der Waals surface area contributed by atoms with Gasteiger partial charge in [-0.3, -0.25) is 14.3 Å². The van der Waals surface area contributed by atoms with E-state index >= 15 is 0 Å². The molecule has 20 heavy (non-hydrogen) atoms. The lowest BCUT2D eigenvalue weighted by Crippen LogP contribution is -2.38. The molecule has 6 nitrogen and oxygen atoms in total. The number of rotatable bonds is 8.